The molecular formula is C11H16N2O2. The molecule has 0 unspecified atom stereocenters. The molecule has 1 amide bonds. The Balaban J connectivity index is 2.82. The van der Waals surface area contributed by atoms with Crippen molar-refractivity contribution in [1.29, 1.82) is 0 Å². The van der Waals surface area contributed by atoms with Gasteiger partial charge in [0.05, 0.1) is 12.8 Å². The lowest BCUT2D eigenvalue weighted by Gasteiger charge is -2.10. The molecule has 1 rings (SSSR count). The normalized spacial score (nSPS) is 9.80. The number of benzene rings is 1. The molecule has 82 valence electrons. The summed E-state index contributed by atoms with van der Waals surface area (Å²) in [4.78, 5) is 11.3. The van der Waals surface area contributed by atoms with Crippen molar-refractivity contribution in [1.82, 2.24) is 0 Å². The van der Waals surface area contributed by atoms with Gasteiger partial charge in [0.15, 0.2) is 0 Å². The Kier molecular flexibility index (Phi) is 4.12. The summed E-state index contributed by atoms with van der Waals surface area (Å²) >= 11 is 0. The second kappa shape index (κ2) is 5.36. The number of anilines is 1. The third-order valence-corrected chi connectivity index (χ3v) is 2.00. The van der Waals surface area contributed by atoms with E-state index in [1.807, 2.05) is 25.1 Å². The second-order valence-electron chi connectivity index (χ2n) is 3.29. The van der Waals surface area contributed by atoms with E-state index >= 15 is 0 Å². The van der Waals surface area contributed by atoms with Crippen molar-refractivity contribution >= 4 is 11.6 Å². The predicted octanol–water partition coefficient (Wildman–Crippen LogP) is 1.29. The van der Waals surface area contributed by atoms with Gasteiger partial charge in [0, 0.05) is 13.0 Å². The minimum Gasteiger partial charge on any atom is -0.495 e. The molecule has 0 atom stereocenters. The topological polar surface area (TPSA) is 64.3 Å². The Morgan fingerprint density at radius 2 is 2.27 bits per heavy atom. The van der Waals surface area contributed by atoms with Crippen LogP contribution >= 0.6 is 0 Å². The number of ether oxygens (including phenoxy) is 1. The summed E-state index contributed by atoms with van der Waals surface area (Å²) in [6, 6.07) is 5.62. The molecule has 0 radical (unpaired) electrons. The molecular weight excluding hydrogens is 192 g/mol. The van der Waals surface area contributed by atoms with Crippen LogP contribution in [0.2, 0.25) is 0 Å². The van der Waals surface area contributed by atoms with Crippen LogP contribution in [0, 0.1) is 6.92 Å². The highest BCUT2D eigenvalue weighted by Gasteiger charge is 2.06. The number of hydrogen-bond donors (Lipinski definition) is 2. The van der Waals surface area contributed by atoms with Crippen molar-refractivity contribution in [3.63, 3.8) is 0 Å². The van der Waals surface area contributed by atoms with E-state index in [9.17, 15) is 4.79 Å². The zero-order valence-electron chi connectivity index (χ0n) is 9.04. The maximum atomic E-state index is 11.3. The Bertz CT molecular complexity index is 350. The molecule has 1 aromatic carbocycles. The average molecular weight is 208 g/mol. The van der Waals surface area contributed by atoms with Crippen LogP contribution < -0.4 is 15.8 Å². The zero-order chi connectivity index (χ0) is 11.3. The molecule has 1 aromatic rings. The van der Waals surface area contributed by atoms with Gasteiger partial charge in [-0.3, -0.25) is 4.79 Å². The molecule has 3 N–H and O–H groups in total. The number of carbonyl (C=O) groups is 1. The van der Waals surface area contributed by atoms with E-state index in [4.69, 9.17) is 10.5 Å². The number of amides is 1. The van der Waals surface area contributed by atoms with Gasteiger partial charge in [-0.2, -0.15) is 0 Å². The first-order valence-corrected chi connectivity index (χ1v) is 4.82. The van der Waals surface area contributed by atoms with Crippen LogP contribution in [0.15, 0.2) is 18.2 Å². The third-order valence-electron chi connectivity index (χ3n) is 2.00. The number of aryl methyl sites for hydroxylation is 1. The van der Waals surface area contributed by atoms with Gasteiger partial charge in [-0.15, -0.1) is 0 Å². The van der Waals surface area contributed by atoms with Crippen LogP contribution in [0.3, 0.4) is 0 Å². The largest absolute Gasteiger partial charge is 0.495 e. The molecule has 0 saturated heterocycles. The molecule has 4 heteroatoms. The van der Waals surface area contributed by atoms with Crippen LogP contribution in [0.1, 0.15) is 12.0 Å². The molecule has 0 fully saturated rings. The lowest BCUT2D eigenvalue weighted by Crippen LogP contribution is -2.16. The monoisotopic (exact) mass is 208 g/mol. The van der Waals surface area contributed by atoms with E-state index < -0.39 is 0 Å². The fourth-order valence-corrected chi connectivity index (χ4v) is 1.26. The average Bonchev–Trinajstić information content (AvgIpc) is 2.18. The Morgan fingerprint density at radius 3 is 2.87 bits per heavy atom. The summed E-state index contributed by atoms with van der Waals surface area (Å²) in [5.41, 5.74) is 7.05. The third kappa shape index (κ3) is 3.25. The molecule has 0 spiro atoms. The lowest BCUT2D eigenvalue weighted by atomic mass is 10.2. The van der Waals surface area contributed by atoms with Gasteiger partial charge in [0.25, 0.3) is 0 Å². The van der Waals surface area contributed by atoms with Crippen molar-refractivity contribution in [3.05, 3.63) is 23.8 Å². The van der Waals surface area contributed by atoms with Crippen LogP contribution in [-0.4, -0.2) is 19.6 Å². The molecule has 0 aliphatic heterocycles. The molecule has 0 aromatic heterocycles. The summed E-state index contributed by atoms with van der Waals surface area (Å²) in [5, 5.41) is 2.76. The van der Waals surface area contributed by atoms with Crippen molar-refractivity contribution < 1.29 is 9.53 Å². The number of nitrogens with one attached hydrogen (secondary N) is 1. The zero-order valence-corrected chi connectivity index (χ0v) is 9.04. The van der Waals surface area contributed by atoms with E-state index in [-0.39, 0.29) is 5.91 Å². The summed E-state index contributed by atoms with van der Waals surface area (Å²) in [7, 11) is 1.57. The molecule has 0 bridgehead atoms. The van der Waals surface area contributed by atoms with E-state index in [0.29, 0.717) is 24.4 Å². The Labute approximate surface area is 89.4 Å². The van der Waals surface area contributed by atoms with Crippen molar-refractivity contribution in [3.8, 4) is 5.75 Å². The van der Waals surface area contributed by atoms with Crippen LogP contribution in [0.4, 0.5) is 5.69 Å². The van der Waals surface area contributed by atoms with E-state index in [2.05, 4.69) is 5.32 Å². The summed E-state index contributed by atoms with van der Waals surface area (Å²) in [6.45, 7) is 2.30. The molecule has 4 nitrogen and oxygen atoms in total. The van der Waals surface area contributed by atoms with Gasteiger partial charge in [0.2, 0.25) is 5.91 Å². The van der Waals surface area contributed by atoms with Crippen molar-refractivity contribution in [2.45, 2.75) is 13.3 Å². The van der Waals surface area contributed by atoms with E-state index in [1.54, 1.807) is 7.11 Å². The highest BCUT2D eigenvalue weighted by Crippen LogP contribution is 2.25. The van der Waals surface area contributed by atoms with Crippen LogP contribution in [0.25, 0.3) is 0 Å². The van der Waals surface area contributed by atoms with Crippen LogP contribution in [-0.2, 0) is 4.79 Å². The minimum absolute atomic E-state index is 0.0959. The number of nitrogens with two attached hydrogens (primary N) is 1. The first-order chi connectivity index (χ1) is 7.17. The van der Waals surface area contributed by atoms with Gasteiger partial charge >= 0.3 is 0 Å². The predicted molar refractivity (Wildman–Crippen MR) is 60.0 cm³/mol. The highest BCUT2D eigenvalue weighted by atomic mass is 16.5. The maximum absolute atomic E-state index is 11.3. The Hall–Kier alpha value is -1.55. The summed E-state index contributed by atoms with van der Waals surface area (Å²) < 4.78 is 5.13. The first kappa shape index (κ1) is 11.5. The molecule has 0 saturated carbocycles. The van der Waals surface area contributed by atoms with E-state index in [1.165, 1.54) is 0 Å². The van der Waals surface area contributed by atoms with Crippen molar-refractivity contribution in [2.24, 2.45) is 5.73 Å². The maximum Gasteiger partial charge on any atom is 0.225 e. The van der Waals surface area contributed by atoms with Gasteiger partial charge in [-0.05, 0) is 24.6 Å². The lowest BCUT2D eigenvalue weighted by molar-refractivity contribution is -0.116. The van der Waals surface area contributed by atoms with Crippen molar-refractivity contribution in [2.75, 3.05) is 19.0 Å². The summed E-state index contributed by atoms with van der Waals surface area (Å²) in [5.74, 6) is 0.562. The fraction of sp³-hybridized carbons (Fsp3) is 0.364. The first-order valence-electron chi connectivity index (χ1n) is 4.82. The number of methoxy groups -OCH3 is 1. The van der Waals surface area contributed by atoms with Gasteiger partial charge < -0.3 is 15.8 Å². The fourth-order valence-electron chi connectivity index (χ4n) is 1.26. The van der Waals surface area contributed by atoms with Crippen LogP contribution in [0.5, 0.6) is 5.75 Å². The van der Waals surface area contributed by atoms with E-state index in [0.717, 1.165) is 5.56 Å². The highest BCUT2D eigenvalue weighted by molar-refractivity contribution is 5.92. The van der Waals surface area contributed by atoms with Gasteiger partial charge in [-0.1, -0.05) is 6.07 Å². The summed E-state index contributed by atoms with van der Waals surface area (Å²) in [6.07, 6.45) is 0.317. The number of carbonyl (C=O) groups excluding carboxylic acids is 1. The standard InChI is InChI=1S/C11H16N2O2/c1-8-3-4-10(15-2)9(7-8)13-11(14)5-6-12/h3-4,7H,5-6,12H2,1-2H3,(H,13,14). The molecule has 0 aliphatic carbocycles. The van der Waals surface area contributed by atoms with Gasteiger partial charge in [-0.25, -0.2) is 0 Å². The molecule has 0 heterocycles. The number of hydrogen-bond acceptors (Lipinski definition) is 3. The quantitative estimate of drug-likeness (QED) is 0.783. The van der Waals surface area contributed by atoms with Gasteiger partial charge in [0.1, 0.15) is 5.75 Å². The SMILES string of the molecule is COc1ccc(C)cc1NC(=O)CCN. The number of rotatable bonds is 4. The minimum atomic E-state index is -0.0959. The molecule has 0 aliphatic rings. The second-order valence-corrected chi connectivity index (χ2v) is 3.29. The smallest absolute Gasteiger partial charge is 0.225 e. The molecule has 15 heavy (non-hydrogen) atoms. The Morgan fingerprint density at radius 1 is 1.53 bits per heavy atom.